The summed E-state index contributed by atoms with van der Waals surface area (Å²) in [5.74, 6) is 0.846. The van der Waals surface area contributed by atoms with E-state index in [9.17, 15) is 4.79 Å². The third kappa shape index (κ3) is 2.58. The highest BCUT2D eigenvalue weighted by atomic mass is 16.3. The van der Waals surface area contributed by atoms with E-state index in [-0.39, 0.29) is 17.5 Å². The molecule has 1 amide bonds. The Morgan fingerprint density at radius 1 is 1.56 bits per heavy atom. The van der Waals surface area contributed by atoms with Crippen LogP contribution in [0.15, 0.2) is 22.8 Å². The lowest BCUT2D eigenvalue weighted by molar-refractivity contribution is 0.0388. The maximum absolute atomic E-state index is 12.5. The van der Waals surface area contributed by atoms with Crippen LogP contribution in [0.2, 0.25) is 0 Å². The molecule has 0 aliphatic carbocycles. The minimum Gasteiger partial charge on any atom is -0.459 e. The van der Waals surface area contributed by atoms with E-state index in [0.29, 0.717) is 18.2 Å². The molecule has 0 spiro atoms. The molecule has 1 atom stereocenters. The molecule has 1 aromatic heterocycles. The number of nitrogens with one attached hydrogen (secondary N) is 1. The lowest BCUT2D eigenvalue weighted by Crippen LogP contribution is -2.64. The first-order chi connectivity index (χ1) is 8.41. The molecule has 1 unspecified atom stereocenters. The molecule has 0 aromatic carbocycles. The van der Waals surface area contributed by atoms with Crippen LogP contribution in [-0.4, -0.2) is 35.5 Å². The number of carbonyl (C=O) groups excluding carboxylic acids is 1. The van der Waals surface area contributed by atoms with Crippen LogP contribution in [0.5, 0.6) is 0 Å². The third-order valence-corrected chi connectivity index (χ3v) is 3.52. The molecule has 0 saturated carbocycles. The van der Waals surface area contributed by atoms with Gasteiger partial charge in [-0.3, -0.25) is 4.79 Å². The topological polar surface area (TPSA) is 45.5 Å². The Morgan fingerprint density at radius 2 is 2.28 bits per heavy atom. The molecule has 1 fully saturated rings. The molecule has 4 heteroatoms. The summed E-state index contributed by atoms with van der Waals surface area (Å²) < 4.78 is 5.23. The van der Waals surface area contributed by atoms with Gasteiger partial charge in [-0.2, -0.15) is 0 Å². The smallest absolute Gasteiger partial charge is 0.289 e. The van der Waals surface area contributed by atoms with Crippen LogP contribution >= 0.6 is 0 Å². The van der Waals surface area contributed by atoms with Crippen molar-refractivity contribution in [1.29, 1.82) is 0 Å². The molecular formula is C14H22N2O2. The third-order valence-electron chi connectivity index (χ3n) is 3.52. The number of hydrogen-bond acceptors (Lipinski definition) is 3. The van der Waals surface area contributed by atoms with E-state index < -0.39 is 0 Å². The lowest BCUT2D eigenvalue weighted by Gasteiger charge is -2.45. The fourth-order valence-electron chi connectivity index (χ4n) is 2.45. The van der Waals surface area contributed by atoms with Gasteiger partial charge in [0.05, 0.1) is 6.26 Å². The standard InChI is InChI=1S/C14H22N2O2/c1-10(2)11-8-15-14(3,4)9-16(11)13(17)12-6-5-7-18-12/h5-7,10-11,15H,8-9H2,1-4H3. The van der Waals surface area contributed by atoms with Crippen molar-refractivity contribution in [2.45, 2.75) is 39.3 Å². The molecule has 1 aliphatic heterocycles. The SMILES string of the molecule is CC(C)C1CNC(C)(C)CN1C(=O)c1ccco1. The fraction of sp³-hybridized carbons (Fsp3) is 0.643. The number of piperazine rings is 1. The average Bonchev–Trinajstić information content (AvgIpc) is 2.79. The highest BCUT2D eigenvalue weighted by Gasteiger charge is 2.37. The molecule has 100 valence electrons. The van der Waals surface area contributed by atoms with E-state index in [1.807, 2.05) is 4.90 Å². The second-order valence-corrected chi connectivity index (χ2v) is 5.99. The van der Waals surface area contributed by atoms with Gasteiger partial charge >= 0.3 is 0 Å². The van der Waals surface area contributed by atoms with Crippen LogP contribution in [0.4, 0.5) is 0 Å². The van der Waals surface area contributed by atoms with Crippen molar-refractivity contribution in [1.82, 2.24) is 10.2 Å². The molecule has 1 aromatic rings. The van der Waals surface area contributed by atoms with E-state index in [4.69, 9.17) is 4.42 Å². The second kappa shape index (κ2) is 4.76. The van der Waals surface area contributed by atoms with E-state index in [1.165, 1.54) is 0 Å². The van der Waals surface area contributed by atoms with E-state index in [2.05, 4.69) is 33.0 Å². The number of furan rings is 1. The molecule has 0 bridgehead atoms. The van der Waals surface area contributed by atoms with Crippen LogP contribution in [0.3, 0.4) is 0 Å². The van der Waals surface area contributed by atoms with Crippen LogP contribution in [0.1, 0.15) is 38.2 Å². The first kappa shape index (κ1) is 13.1. The van der Waals surface area contributed by atoms with Crippen LogP contribution in [-0.2, 0) is 0 Å². The van der Waals surface area contributed by atoms with Gasteiger partial charge in [-0.15, -0.1) is 0 Å². The van der Waals surface area contributed by atoms with E-state index in [0.717, 1.165) is 6.54 Å². The number of hydrogen-bond donors (Lipinski definition) is 1. The van der Waals surface area contributed by atoms with Gasteiger partial charge in [-0.25, -0.2) is 0 Å². The highest BCUT2D eigenvalue weighted by Crippen LogP contribution is 2.22. The maximum Gasteiger partial charge on any atom is 0.289 e. The molecule has 0 radical (unpaired) electrons. The summed E-state index contributed by atoms with van der Waals surface area (Å²) in [6, 6.07) is 3.70. The van der Waals surface area contributed by atoms with Crippen molar-refractivity contribution in [2.75, 3.05) is 13.1 Å². The quantitative estimate of drug-likeness (QED) is 0.874. The number of carbonyl (C=O) groups is 1. The molecule has 2 rings (SSSR count). The molecule has 1 saturated heterocycles. The van der Waals surface area contributed by atoms with Gasteiger partial charge in [0.25, 0.3) is 5.91 Å². The molecule has 4 nitrogen and oxygen atoms in total. The Hall–Kier alpha value is -1.29. The maximum atomic E-state index is 12.5. The Balaban J connectivity index is 2.22. The summed E-state index contributed by atoms with van der Waals surface area (Å²) in [5.41, 5.74) is -0.0480. The van der Waals surface area contributed by atoms with Gasteiger partial charge in [-0.1, -0.05) is 13.8 Å². The predicted molar refractivity (Wildman–Crippen MR) is 70.5 cm³/mol. The molecule has 2 heterocycles. The molecule has 18 heavy (non-hydrogen) atoms. The summed E-state index contributed by atoms with van der Waals surface area (Å²) in [7, 11) is 0. The number of rotatable bonds is 2. The highest BCUT2D eigenvalue weighted by molar-refractivity contribution is 5.91. The van der Waals surface area contributed by atoms with Crippen LogP contribution < -0.4 is 5.32 Å². The first-order valence-corrected chi connectivity index (χ1v) is 6.50. The van der Waals surface area contributed by atoms with Crippen molar-refractivity contribution in [3.05, 3.63) is 24.2 Å². The predicted octanol–water partition coefficient (Wildman–Crippen LogP) is 2.13. The minimum atomic E-state index is -0.0480. The average molecular weight is 250 g/mol. The molecule has 1 aliphatic rings. The van der Waals surface area contributed by atoms with E-state index in [1.54, 1.807) is 18.4 Å². The zero-order chi connectivity index (χ0) is 13.3. The molecular weight excluding hydrogens is 228 g/mol. The summed E-state index contributed by atoms with van der Waals surface area (Å²) in [5, 5.41) is 3.50. The largest absolute Gasteiger partial charge is 0.459 e. The zero-order valence-corrected chi connectivity index (χ0v) is 11.6. The monoisotopic (exact) mass is 250 g/mol. The number of amides is 1. The summed E-state index contributed by atoms with van der Waals surface area (Å²) in [6.45, 7) is 10.1. The van der Waals surface area contributed by atoms with Crippen LogP contribution in [0, 0.1) is 5.92 Å². The van der Waals surface area contributed by atoms with Crippen molar-refractivity contribution in [3.8, 4) is 0 Å². The van der Waals surface area contributed by atoms with Gasteiger partial charge in [-0.05, 0) is 31.9 Å². The Morgan fingerprint density at radius 3 is 2.83 bits per heavy atom. The fourth-order valence-corrected chi connectivity index (χ4v) is 2.45. The van der Waals surface area contributed by atoms with Crippen molar-refractivity contribution in [2.24, 2.45) is 5.92 Å². The van der Waals surface area contributed by atoms with Crippen molar-refractivity contribution >= 4 is 5.91 Å². The second-order valence-electron chi connectivity index (χ2n) is 5.99. The minimum absolute atomic E-state index is 0.00623. The Labute approximate surface area is 108 Å². The number of nitrogens with zero attached hydrogens (tertiary/aromatic N) is 1. The summed E-state index contributed by atoms with van der Waals surface area (Å²) >= 11 is 0. The van der Waals surface area contributed by atoms with Gasteiger partial charge in [0, 0.05) is 24.7 Å². The Bertz CT molecular complexity index is 409. The van der Waals surface area contributed by atoms with E-state index >= 15 is 0 Å². The summed E-state index contributed by atoms with van der Waals surface area (Å²) in [4.78, 5) is 14.4. The van der Waals surface area contributed by atoms with Crippen LogP contribution in [0.25, 0.3) is 0 Å². The lowest BCUT2D eigenvalue weighted by atomic mass is 9.93. The normalized spacial score (nSPS) is 23.4. The van der Waals surface area contributed by atoms with Gasteiger partial charge in [0.2, 0.25) is 0 Å². The summed E-state index contributed by atoms with van der Waals surface area (Å²) in [6.07, 6.45) is 1.55. The first-order valence-electron chi connectivity index (χ1n) is 6.50. The van der Waals surface area contributed by atoms with Gasteiger partial charge in [0.1, 0.15) is 0 Å². The van der Waals surface area contributed by atoms with Crippen molar-refractivity contribution in [3.63, 3.8) is 0 Å². The van der Waals surface area contributed by atoms with Crippen molar-refractivity contribution < 1.29 is 9.21 Å². The van der Waals surface area contributed by atoms with Gasteiger partial charge < -0.3 is 14.6 Å². The molecule has 1 N–H and O–H groups in total. The Kier molecular flexibility index (Phi) is 3.48. The van der Waals surface area contributed by atoms with Gasteiger partial charge in [0.15, 0.2) is 5.76 Å². The zero-order valence-electron chi connectivity index (χ0n) is 11.6.